The average Bonchev–Trinajstić information content (AvgIpc) is 2.38. The van der Waals surface area contributed by atoms with Crippen molar-refractivity contribution in [1.29, 1.82) is 0 Å². The predicted molar refractivity (Wildman–Crippen MR) is 65.4 cm³/mol. The van der Waals surface area contributed by atoms with E-state index in [1.807, 2.05) is 18.5 Å². The lowest BCUT2D eigenvalue weighted by Gasteiger charge is -2.21. The molecule has 0 spiro atoms. The second-order valence-corrected chi connectivity index (χ2v) is 4.21. The van der Waals surface area contributed by atoms with E-state index in [-0.39, 0.29) is 5.54 Å². The van der Waals surface area contributed by atoms with Crippen LogP contribution >= 0.6 is 0 Å². The summed E-state index contributed by atoms with van der Waals surface area (Å²) in [6, 6.07) is 0. The lowest BCUT2D eigenvalue weighted by Crippen LogP contribution is -2.44. The molecule has 0 aliphatic carbocycles. The number of nitrogens with two attached hydrogens (primary N) is 1. The van der Waals surface area contributed by atoms with E-state index in [0.29, 0.717) is 12.5 Å². The van der Waals surface area contributed by atoms with Gasteiger partial charge in [-0.2, -0.15) is 0 Å². The zero-order valence-corrected chi connectivity index (χ0v) is 9.70. The van der Waals surface area contributed by atoms with Gasteiger partial charge in [0.25, 0.3) is 0 Å². The van der Waals surface area contributed by atoms with Crippen LogP contribution in [0.25, 0.3) is 0 Å². The van der Waals surface area contributed by atoms with E-state index in [2.05, 4.69) is 36.1 Å². The number of hydrogen-bond donors (Lipinski definition) is 2. The van der Waals surface area contributed by atoms with Gasteiger partial charge in [-0.3, -0.25) is 0 Å². The summed E-state index contributed by atoms with van der Waals surface area (Å²) in [5.41, 5.74) is 5.22. The first kappa shape index (κ1) is 12.1. The summed E-state index contributed by atoms with van der Waals surface area (Å²) in [7, 11) is 0. The van der Waals surface area contributed by atoms with Crippen molar-refractivity contribution in [1.82, 2.24) is 5.32 Å². The van der Waals surface area contributed by atoms with Crippen molar-refractivity contribution in [3.63, 3.8) is 0 Å². The van der Waals surface area contributed by atoms with Gasteiger partial charge in [-0.15, -0.1) is 0 Å². The minimum atomic E-state index is -0.237. The molecule has 0 aromatic carbocycles. The average molecular weight is 208 g/mol. The summed E-state index contributed by atoms with van der Waals surface area (Å²) in [6.45, 7) is 7.61. The van der Waals surface area contributed by atoms with Crippen LogP contribution in [-0.2, 0) is 0 Å². The van der Waals surface area contributed by atoms with Crippen LogP contribution in [0.5, 0.6) is 0 Å². The van der Waals surface area contributed by atoms with E-state index in [4.69, 9.17) is 5.73 Å². The Morgan fingerprint density at radius 2 is 2.27 bits per heavy atom. The number of hydrogen-bond acceptors (Lipinski definition) is 4. The van der Waals surface area contributed by atoms with Gasteiger partial charge in [-0.25, -0.2) is 9.98 Å². The van der Waals surface area contributed by atoms with Crippen molar-refractivity contribution in [3.05, 3.63) is 12.3 Å². The summed E-state index contributed by atoms with van der Waals surface area (Å²) < 4.78 is 0. The third kappa shape index (κ3) is 3.57. The molecular weight excluding hydrogens is 188 g/mol. The topological polar surface area (TPSA) is 62.8 Å². The van der Waals surface area contributed by atoms with Gasteiger partial charge in [0.15, 0.2) is 0 Å². The van der Waals surface area contributed by atoms with Crippen molar-refractivity contribution in [3.8, 4) is 0 Å². The fraction of sp³-hybridized carbons (Fsp3) is 0.636. The molecule has 1 unspecified atom stereocenters. The maximum atomic E-state index is 5.46. The second-order valence-electron chi connectivity index (χ2n) is 4.21. The van der Waals surface area contributed by atoms with Crippen LogP contribution in [-0.4, -0.2) is 30.7 Å². The minimum absolute atomic E-state index is 0.237. The van der Waals surface area contributed by atoms with Crippen LogP contribution in [0.15, 0.2) is 22.3 Å². The number of amidine groups is 1. The Morgan fingerprint density at radius 3 is 2.87 bits per heavy atom. The van der Waals surface area contributed by atoms with E-state index in [9.17, 15) is 0 Å². The minimum Gasteiger partial charge on any atom is -0.329 e. The first-order chi connectivity index (χ1) is 7.07. The largest absolute Gasteiger partial charge is 0.329 e. The molecule has 1 heterocycles. The van der Waals surface area contributed by atoms with Gasteiger partial charge in [0.1, 0.15) is 5.84 Å². The van der Waals surface area contributed by atoms with Crippen molar-refractivity contribution in [2.24, 2.45) is 21.6 Å². The molecule has 0 radical (unpaired) electrons. The maximum Gasteiger partial charge on any atom is 0.130 e. The number of nitrogens with one attached hydrogen (secondary N) is 1. The van der Waals surface area contributed by atoms with Gasteiger partial charge >= 0.3 is 0 Å². The van der Waals surface area contributed by atoms with Gasteiger partial charge in [0, 0.05) is 31.4 Å². The second kappa shape index (κ2) is 5.19. The van der Waals surface area contributed by atoms with Crippen LogP contribution in [0, 0.1) is 5.92 Å². The third-order valence-corrected chi connectivity index (χ3v) is 2.26. The Morgan fingerprint density at radius 1 is 1.53 bits per heavy atom. The Hall–Kier alpha value is -1.00. The van der Waals surface area contributed by atoms with Gasteiger partial charge in [0.2, 0.25) is 0 Å². The first-order valence-corrected chi connectivity index (χ1v) is 5.33. The van der Waals surface area contributed by atoms with E-state index < -0.39 is 0 Å². The molecule has 0 saturated heterocycles. The zero-order chi connectivity index (χ0) is 11.3. The zero-order valence-electron chi connectivity index (χ0n) is 9.70. The molecule has 15 heavy (non-hydrogen) atoms. The fourth-order valence-corrected chi connectivity index (χ4v) is 1.29. The van der Waals surface area contributed by atoms with Gasteiger partial charge in [0.05, 0.1) is 5.54 Å². The summed E-state index contributed by atoms with van der Waals surface area (Å²) >= 11 is 0. The molecule has 0 fully saturated rings. The molecule has 1 rings (SSSR count). The lowest BCUT2D eigenvalue weighted by atomic mass is 10.0. The van der Waals surface area contributed by atoms with Crippen molar-refractivity contribution in [2.75, 3.05) is 13.1 Å². The molecular formula is C11H20N4. The fourth-order valence-electron chi connectivity index (χ4n) is 1.29. The molecule has 1 atom stereocenters. The molecule has 4 heteroatoms. The van der Waals surface area contributed by atoms with Gasteiger partial charge in [-0.05, 0) is 13.0 Å². The molecule has 4 nitrogen and oxygen atoms in total. The van der Waals surface area contributed by atoms with E-state index in [1.165, 1.54) is 0 Å². The number of aliphatic imine (C=N–C) groups is 2. The Bertz CT molecular complexity index is 291. The first-order valence-electron chi connectivity index (χ1n) is 5.33. The molecule has 0 amide bonds. The SMILES string of the molecule is CC(C)C1=NC=CC(C)(NCCN)C=N1. The smallest absolute Gasteiger partial charge is 0.130 e. The molecule has 1 aliphatic rings. The molecule has 1 aliphatic heterocycles. The Kier molecular flexibility index (Phi) is 4.17. The monoisotopic (exact) mass is 208 g/mol. The van der Waals surface area contributed by atoms with Crippen LogP contribution in [0.2, 0.25) is 0 Å². The van der Waals surface area contributed by atoms with Crippen molar-refractivity contribution < 1.29 is 0 Å². The van der Waals surface area contributed by atoms with Crippen LogP contribution in [0.1, 0.15) is 20.8 Å². The number of nitrogens with zero attached hydrogens (tertiary/aromatic N) is 2. The highest BCUT2D eigenvalue weighted by atomic mass is 15.0. The molecule has 84 valence electrons. The highest BCUT2D eigenvalue weighted by molar-refractivity contribution is 5.94. The normalized spacial score (nSPS) is 25.5. The van der Waals surface area contributed by atoms with Crippen LogP contribution in [0.4, 0.5) is 0 Å². The van der Waals surface area contributed by atoms with Crippen molar-refractivity contribution in [2.45, 2.75) is 26.3 Å². The maximum absolute atomic E-state index is 5.46. The van der Waals surface area contributed by atoms with E-state index >= 15 is 0 Å². The Labute approximate surface area is 91.4 Å². The quantitative estimate of drug-likeness (QED) is 0.722. The van der Waals surface area contributed by atoms with Gasteiger partial charge < -0.3 is 11.1 Å². The van der Waals surface area contributed by atoms with Crippen LogP contribution in [0.3, 0.4) is 0 Å². The van der Waals surface area contributed by atoms with E-state index in [1.54, 1.807) is 0 Å². The predicted octanol–water partition coefficient (Wildman–Crippen LogP) is 0.946. The summed E-state index contributed by atoms with van der Waals surface area (Å²) in [4.78, 5) is 8.68. The van der Waals surface area contributed by atoms with E-state index in [0.717, 1.165) is 12.4 Å². The summed E-state index contributed by atoms with van der Waals surface area (Å²) in [6.07, 6.45) is 5.71. The highest BCUT2D eigenvalue weighted by Gasteiger charge is 2.19. The third-order valence-electron chi connectivity index (χ3n) is 2.26. The molecule has 0 aromatic heterocycles. The summed E-state index contributed by atoms with van der Waals surface area (Å²) in [5, 5.41) is 3.31. The molecule has 3 N–H and O–H groups in total. The molecule has 0 saturated carbocycles. The number of rotatable bonds is 4. The molecule has 0 bridgehead atoms. The standard InChI is InChI=1S/C11H20N4/c1-9(2)10-13-6-4-11(3,8-14-10)15-7-5-12/h4,6,8-9,15H,5,7,12H2,1-3H3. The Balaban J connectivity index is 2.72. The van der Waals surface area contributed by atoms with Crippen molar-refractivity contribution >= 4 is 12.1 Å². The summed E-state index contributed by atoms with van der Waals surface area (Å²) in [5.74, 6) is 1.22. The molecule has 0 aromatic rings. The van der Waals surface area contributed by atoms with Crippen LogP contribution < -0.4 is 11.1 Å². The lowest BCUT2D eigenvalue weighted by molar-refractivity contribution is 0.570. The van der Waals surface area contributed by atoms with Gasteiger partial charge in [-0.1, -0.05) is 13.8 Å². The highest BCUT2D eigenvalue weighted by Crippen LogP contribution is 2.09.